The highest BCUT2D eigenvalue weighted by Crippen LogP contribution is 2.37. The van der Waals surface area contributed by atoms with Crippen LogP contribution in [0.1, 0.15) is 33.8 Å². The molecule has 2 nitrogen and oxygen atoms in total. The average Bonchev–Trinajstić information content (AvgIpc) is 3.11. The number of aromatic nitrogens is 1. The van der Waals surface area contributed by atoms with Crippen molar-refractivity contribution in [3.63, 3.8) is 0 Å². The first kappa shape index (κ1) is 16.6. The minimum absolute atomic E-state index is 0.104. The summed E-state index contributed by atoms with van der Waals surface area (Å²) < 4.78 is 0. The first-order valence-electron chi connectivity index (χ1n) is 8.62. The lowest BCUT2D eigenvalue weighted by atomic mass is 9.85. The van der Waals surface area contributed by atoms with Gasteiger partial charge in [0.05, 0.1) is 0 Å². The summed E-state index contributed by atoms with van der Waals surface area (Å²) in [6.07, 6.45) is 2.37. The summed E-state index contributed by atoms with van der Waals surface area (Å²) in [6, 6.07) is 25.3. The second-order valence-corrected chi connectivity index (χ2v) is 6.76. The van der Waals surface area contributed by atoms with E-state index in [1.165, 1.54) is 0 Å². The summed E-state index contributed by atoms with van der Waals surface area (Å²) in [5.74, 6) is 0.00774. The molecule has 26 heavy (non-hydrogen) atoms. The van der Waals surface area contributed by atoms with Gasteiger partial charge in [-0.15, -0.1) is 0 Å². The number of H-pyrrole nitrogens is 1. The second-order valence-electron chi connectivity index (χ2n) is 6.36. The van der Waals surface area contributed by atoms with Crippen molar-refractivity contribution >= 4 is 28.3 Å². The van der Waals surface area contributed by atoms with Crippen molar-refractivity contribution < 1.29 is 4.79 Å². The number of aromatic amines is 1. The lowest BCUT2D eigenvalue weighted by molar-refractivity contribution is 0.0978. The molecule has 3 heteroatoms. The topological polar surface area (TPSA) is 32.9 Å². The van der Waals surface area contributed by atoms with Crippen molar-refractivity contribution in [2.24, 2.45) is 0 Å². The summed E-state index contributed by atoms with van der Waals surface area (Å²) in [4.78, 5) is 16.2. The number of carbonyl (C=O) groups excluding carboxylic acids is 1. The predicted octanol–water partition coefficient (Wildman–Crippen LogP) is 6.23. The molecule has 0 unspecified atom stereocenters. The van der Waals surface area contributed by atoms with Crippen LogP contribution in [0.5, 0.6) is 0 Å². The Hall–Kier alpha value is -2.84. The maximum absolute atomic E-state index is 12.9. The second kappa shape index (κ2) is 7.19. The zero-order valence-electron chi connectivity index (χ0n) is 14.2. The van der Waals surface area contributed by atoms with Crippen molar-refractivity contribution in [1.82, 2.24) is 4.98 Å². The van der Waals surface area contributed by atoms with Gasteiger partial charge in [0.1, 0.15) is 0 Å². The number of Topliss-reactive ketones (excluding diaryl/α,β-unsaturated/α-hetero) is 1. The fourth-order valence-corrected chi connectivity index (χ4v) is 3.72. The Morgan fingerprint density at radius 1 is 0.846 bits per heavy atom. The van der Waals surface area contributed by atoms with Gasteiger partial charge in [-0.05, 0) is 23.3 Å². The molecule has 1 N–H and O–H groups in total. The van der Waals surface area contributed by atoms with Crippen LogP contribution >= 0.6 is 11.6 Å². The van der Waals surface area contributed by atoms with Crippen LogP contribution in [0.4, 0.5) is 0 Å². The monoisotopic (exact) mass is 359 g/mol. The first-order valence-corrected chi connectivity index (χ1v) is 9.00. The number of hydrogen-bond acceptors (Lipinski definition) is 1. The molecule has 1 aromatic heterocycles. The number of rotatable bonds is 5. The Labute approximate surface area is 157 Å². The molecule has 0 bridgehead atoms. The summed E-state index contributed by atoms with van der Waals surface area (Å²) >= 11 is 6.50. The number of nitrogens with one attached hydrogen (secondary N) is 1. The molecule has 3 aromatic carbocycles. The van der Waals surface area contributed by atoms with E-state index in [2.05, 4.69) is 11.1 Å². The van der Waals surface area contributed by atoms with E-state index in [0.29, 0.717) is 11.4 Å². The molecule has 0 amide bonds. The number of benzene rings is 3. The molecule has 1 atom stereocenters. The number of para-hydroxylation sites is 1. The maximum Gasteiger partial charge on any atom is 0.163 e. The number of hydrogen-bond donors (Lipinski definition) is 1. The van der Waals surface area contributed by atoms with Crippen LogP contribution in [0, 0.1) is 0 Å². The molecular formula is C23H18ClNO. The van der Waals surface area contributed by atoms with Crippen LogP contribution in [-0.2, 0) is 0 Å². The maximum atomic E-state index is 12.9. The molecule has 0 radical (unpaired) electrons. The van der Waals surface area contributed by atoms with E-state index < -0.39 is 0 Å². The van der Waals surface area contributed by atoms with Gasteiger partial charge in [-0.25, -0.2) is 0 Å². The highest BCUT2D eigenvalue weighted by Gasteiger charge is 2.23. The van der Waals surface area contributed by atoms with Gasteiger partial charge in [0, 0.05) is 40.0 Å². The largest absolute Gasteiger partial charge is 0.361 e. The fraction of sp³-hybridized carbons (Fsp3) is 0.0870. The van der Waals surface area contributed by atoms with Crippen molar-refractivity contribution in [3.8, 4) is 0 Å². The fourth-order valence-electron chi connectivity index (χ4n) is 3.45. The predicted molar refractivity (Wildman–Crippen MR) is 107 cm³/mol. The molecule has 0 fully saturated rings. The summed E-state index contributed by atoms with van der Waals surface area (Å²) in [5, 5.41) is 1.81. The molecule has 128 valence electrons. The zero-order valence-corrected chi connectivity index (χ0v) is 14.9. The molecule has 0 aliphatic heterocycles. The lowest BCUT2D eigenvalue weighted by Crippen LogP contribution is -2.09. The Kier molecular flexibility index (Phi) is 4.59. The molecule has 0 spiro atoms. The van der Waals surface area contributed by atoms with Crippen LogP contribution in [0.15, 0.2) is 85.1 Å². The minimum atomic E-state index is -0.104. The van der Waals surface area contributed by atoms with Gasteiger partial charge in [0.25, 0.3) is 0 Å². The van der Waals surface area contributed by atoms with Crippen LogP contribution in [0.2, 0.25) is 5.02 Å². The van der Waals surface area contributed by atoms with Gasteiger partial charge in [-0.1, -0.05) is 78.3 Å². The van der Waals surface area contributed by atoms with Crippen LogP contribution < -0.4 is 0 Å². The van der Waals surface area contributed by atoms with E-state index >= 15 is 0 Å². The lowest BCUT2D eigenvalue weighted by Gasteiger charge is -2.18. The molecule has 0 aliphatic rings. The molecule has 0 saturated carbocycles. The molecule has 0 saturated heterocycles. The van der Waals surface area contributed by atoms with Crippen LogP contribution in [-0.4, -0.2) is 10.8 Å². The van der Waals surface area contributed by atoms with Crippen LogP contribution in [0.3, 0.4) is 0 Å². The molecule has 4 rings (SSSR count). The highest BCUT2D eigenvalue weighted by atomic mass is 35.5. The third kappa shape index (κ3) is 3.16. The van der Waals surface area contributed by atoms with E-state index in [-0.39, 0.29) is 11.7 Å². The van der Waals surface area contributed by atoms with Crippen molar-refractivity contribution in [1.29, 1.82) is 0 Å². The molecule has 4 aromatic rings. The van der Waals surface area contributed by atoms with Gasteiger partial charge < -0.3 is 4.98 Å². The van der Waals surface area contributed by atoms with E-state index in [0.717, 1.165) is 27.6 Å². The van der Waals surface area contributed by atoms with Gasteiger partial charge in [-0.2, -0.15) is 0 Å². The number of fused-ring (bicyclic) bond motifs is 1. The molecule has 0 aliphatic carbocycles. The van der Waals surface area contributed by atoms with Crippen molar-refractivity contribution in [3.05, 3.63) is 107 Å². The normalized spacial score (nSPS) is 12.2. The summed E-state index contributed by atoms with van der Waals surface area (Å²) in [7, 11) is 0. The standard InChI is InChI=1S/C23H18ClNO/c24-21-12-6-4-10-17(21)19(14-23(26)16-8-2-1-3-9-16)20-15-25-22-13-7-5-11-18(20)22/h1-13,15,19,25H,14H2/t19-/m1/s1. The third-order valence-corrected chi connectivity index (χ3v) is 5.11. The third-order valence-electron chi connectivity index (χ3n) is 4.76. The SMILES string of the molecule is O=C(C[C@H](c1ccccc1Cl)c1c[nH]c2ccccc12)c1ccccc1. The number of carbonyl (C=O) groups is 1. The quantitative estimate of drug-likeness (QED) is 0.421. The van der Waals surface area contributed by atoms with E-state index in [1.54, 1.807) is 0 Å². The van der Waals surface area contributed by atoms with Crippen molar-refractivity contribution in [2.75, 3.05) is 0 Å². The van der Waals surface area contributed by atoms with Gasteiger partial charge in [-0.3, -0.25) is 4.79 Å². The van der Waals surface area contributed by atoms with Crippen LogP contribution in [0.25, 0.3) is 10.9 Å². The number of ketones is 1. The first-order chi connectivity index (χ1) is 12.7. The Morgan fingerprint density at radius 3 is 2.35 bits per heavy atom. The average molecular weight is 360 g/mol. The van der Waals surface area contributed by atoms with Gasteiger partial charge in [0.2, 0.25) is 0 Å². The molecular weight excluding hydrogens is 342 g/mol. The van der Waals surface area contributed by atoms with E-state index in [9.17, 15) is 4.79 Å². The Morgan fingerprint density at radius 2 is 1.54 bits per heavy atom. The van der Waals surface area contributed by atoms with E-state index in [4.69, 9.17) is 11.6 Å². The van der Waals surface area contributed by atoms with Crippen molar-refractivity contribution in [2.45, 2.75) is 12.3 Å². The highest BCUT2D eigenvalue weighted by molar-refractivity contribution is 6.31. The van der Waals surface area contributed by atoms with E-state index in [1.807, 2.05) is 79.0 Å². The molecule has 1 heterocycles. The van der Waals surface area contributed by atoms with Gasteiger partial charge >= 0.3 is 0 Å². The Bertz CT molecular complexity index is 1050. The van der Waals surface area contributed by atoms with Gasteiger partial charge in [0.15, 0.2) is 5.78 Å². The number of halogens is 1. The Balaban J connectivity index is 1.80. The zero-order chi connectivity index (χ0) is 17.9. The summed E-state index contributed by atoms with van der Waals surface area (Å²) in [5.41, 5.74) is 3.86. The smallest absolute Gasteiger partial charge is 0.163 e. The summed E-state index contributed by atoms with van der Waals surface area (Å²) in [6.45, 7) is 0. The minimum Gasteiger partial charge on any atom is -0.361 e.